The van der Waals surface area contributed by atoms with Crippen LogP contribution in [0, 0.1) is 0 Å². The Bertz CT molecular complexity index is 1200. The molecule has 0 radical (unpaired) electrons. The quantitative estimate of drug-likeness (QED) is 0.487. The van der Waals surface area contributed by atoms with Crippen molar-refractivity contribution in [2.24, 2.45) is 0 Å². The van der Waals surface area contributed by atoms with Gasteiger partial charge in [0.1, 0.15) is 18.0 Å². The van der Waals surface area contributed by atoms with Gasteiger partial charge >= 0.3 is 5.97 Å². The predicted octanol–water partition coefficient (Wildman–Crippen LogP) is 1.18. The van der Waals surface area contributed by atoms with Gasteiger partial charge in [-0.05, 0) is 24.1 Å². The Morgan fingerprint density at radius 1 is 1.16 bits per heavy atom. The zero-order valence-electron chi connectivity index (χ0n) is 16.9. The summed E-state index contributed by atoms with van der Waals surface area (Å²) >= 11 is 0. The molecule has 2 aromatic heterocycles. The zero-order chi connectivity index (χ0) is 22.5. The van der Waals surface area contributed by atoms with Crippen molar-refractivity contribution in [1.29, 1.82) is 0 Å². The summed E-state index contributed by atoms with van der Waals surface area (Å²) in [4.78, 5) is 39.3. The minimum atomic E-state index is -1.23. The molecule has 0 spiro atoms. The van der Waals surface area contributed by atoms with Gasteiger partial charge in [0.2, 0.25) is 0 Å². The third-order valence-corrected chi connectivity index (χ3v) is 4.74. The van der Waals surface area contributed by atoms with E-state index in [0.29, 0.717) is 24.5 Å². The Morgan fingerprint density at radius 3 is 2.61 bits per heavy atom. The van der Waals surface area contributed by atoms with Crippen LogP contribution in [0.15, 0.2) is 41.5 Å². The fraction of sp³-hybridized carbons (Fsp3) is 0.238. The number of carbonyl (C=O) groups is 2. The normalized spacial score (nSPS) is 10.6. The van der Waals surface area contributed by atoms with Crippen molar-refractivity contribution in [3.63, 3.8) is 0 Å². The number of rotatable bonds is 8. The van der Waals surface area contributed by atoms with Gasteiger partial charge in [0, 0.05) is 30.4 Å². The number of benzene rings is 1. The Labute approximate surface area is 176 Å². The molecule has 3 aromatic rings. The maximum absolute atomic E-state index is 12.8. The smallest absolute Gasteiger partial charge is 0.322 e. The minimum absolute atomic E-state index is 0.136. The number of aryl methyl sites for hydroxylation is 2. The second-order valence-corrected chi connectivity index (χ2v) is 6.60. The highest BCUT2D eigenvalue weighted by Crippen LogP contribution is 2.26. The van der Waals surface area contributed by atoms with Gasteiger partial charge in [-0.25, -0.2) is 4.98 Å². The average Bonchev–Trinajstić information content (AvgIpc) is 2.77. The number of pyridine rings is 2. The number of aliphatic carboxylic acids is 1. The molecule has 1 amide bonds. The van der Waals surface area contributed by atoms with Crippen molar-refractivity contribution in [2.45, 2.75) is 13.0 Å². The number of aromatic nitrogens is 2. The van der Waals surface area contributed by atoms with Crippen LogP contribution in [0.4, 0.5) is 0 Å². The number of carboxylic acid groups (broad SMARTS) is 1. The second kappa shape index (κ2) is 9.16. The first kappa shape index (κ1) is 21.6. The lowest BCUT2D eigenvalue weighted by Gasteiger charge is -2.12. The minimum Gasteiger partial charge on any atom is -0.505 e. The molecule has 0 atom stereocenters. The fourth-order valence-corrected chi connectivity index (χ4v) is 3.12. The molecule has 10 heteroatoms. The summed E-state index contributed by atoms with van der Waals surface area (Å²) in [6.07, 6.45) is 3.21. The van der Waals surface area contributed by atoms with Gasteiger partial charge in [0.25, 0.3) is 11.5 Å². The highest BCUT2D eigenvalue weighted by Gasteiger charge is 2.18. The molecule has 0 saturated carbocycles. The standard InChI is InChI=1S/C21H21N3O7/c1-30-13-4-3-12(16(9-13)31-2)5-7-24-8-6-14-15(21(24)29)10-22-18(19(14)27)20(28)23-11-17(25)26/h3-4,6,8-10,27H,5,7,11H2,1-2H3,(H,23,28)(H,25,26). The van der Waals surface area contributed by atoms with E-state index in [0.717, 1.165) is 5.56 Å². The summed E-state index contributed by atoms with van der Waals surface area (Å²) in [6, 6.07) is 6.93. The molecule has 10 nitrogen and oxygen atoms in total. The monoisotopic (exact) mass is 427 g/mol. The van der Waals surface area contributed by atoms with E-state index in [1.807, 2.05) is 6.07 Å². The number of fused-ring (bicyclic) bond motifs is 1. The van der Waals surface area contributed by atoms with Crippen LogP contribution >= 0.6 is 0 Å². The van der Waals surface area contributed by atoms with E-state index in [9.17, 15) is 19.5 Å². The molecule has 1 aromatic carbocycles. The van der Waals surface area contributed by atoms with E-state index >= 15 is 0 Å². The van der Waals surface area contributed by atoms with E-state index in [2.05, 4.69) is 10.3 Å². The summed E-state index contributed by atoms with van der Waals surface area (Å²) < 4.78 is 12.0. The van der Waals surface area contributed by atoms with Crippen LogP contribution in [0.3, 0.4) is 0 Å². The fourth-order valence-electron chi connectivity index (χ4n) is 3.12. The highest BCUT2D eigenvalue weighted by atomic mass is 16.5. The average molecular weight is 427 g/mol. The number of methoxy groups -OCH3 is 2. The van der Waals surface area contributed by atoms with Crippen LogP contribution in [0.5, 0.6) is 17.2 Å². The van der Waals surface area contributed by atoms with E-state index in [4.69, 9.17) is 14.6 Å². The lowest BCUT2D eigenvalue weighted by molar-refractivity contribution is -0.135. The van der Waals surface area contributed by atoms with E-state index in [-0.39, 0.29) is 22.0 Å². The molecule has 31 heavy (non-hydrogen) atoms. The lowest BCUT2D eigenvalue weighted by Crippen LogP contribution is -2.30. The van der Waals surface area contributed by atoms with E-state index in [1.54, 1.807) is 26.4 Å². The first-order chi connectivity index (χ1) is 14.8. The molecule has 2 heterocycles. The molecule has 0 aliphatic heterocycles. The molecule has 3 N–H and O–H groups in total. The summed E-state index contributed by atoms with van der Waals surface area (Å²) in [6.45, 7) is -0.270. The lowest BCUT2D eigenvalue weighted by atomic mass is 10.1. The van der Waals surface area contributed by atoms with Crippen molar-refractivity contribution in [3.05, 3.63) is 58.3 Å². The summed E-state index contributed by atoms with van der Waals surface area (Å²) in [5.41, 5.74) is 0.154. The topological polar surface area (TPSA) is 140 Å². The Morgan fingerprint density at radius 2 is 1.94 bits per heavy atom. The van der Waals surface area contributed by atoms with Crippen LogP contribution in [0.25, 0.3) is 10.8 Å². The maximum Gasteiger partial charge on any atom is 0.322 e. The maximum atomic E-state index is 12.8. The van der Waals surface area contributed by atoms with Crippen LogP contribution < -0.4 is 20.3 Å². The van der Waals surface area contributed by atoms with Gasteiger partial charge in [0.05, 0.1) is 19.6 Å². The van der Waals surface area contributed by atoms with Crippen molar-refractivity contribution >= 4 is 22.6 Å². The number of ether oxygens (including phenoxy) is 2. The molecule has 3 rings (SSSR count). The number of aromatic hydroxyl groups is 1. The van der Waals surface area contributed by atoms with Crippen LogP contribution in [-0.4, -0.2) is 52.4 Å². The van der Waals surface area contributed by atoms with Crippen LogP contribution in [0.1, 0.15) is 16.1 Å². The number of hydrogen-bond donors (Lipinski definition) is 3. The summed E-state index contributed by atoms with van der Waals surface area (Å²) in [5.74, 6) is -1.26. The van der Waals surface area contributed by atoms with Gasteiger partial charge in [-0.3, -0.25) is 14.4 Å². The Hall–Kier alpha value is -4.08. The zero-order valence-corrected chi connectivity index (χ0v) is 16.9. The third-order valence-electron chi connectivity index (χ3n) is 4.74. The first-order valence-corrected chi connectivity index (χ1v) is 9.27. The predicted molar refractivity (Wildman–Crippen MR) is 111 cm³/mol. The number of carboxylic acids is 1. The first-order valence-electron chi connectivity index (χ1n) is 9.27. The highest BCUT2D eigenvalue weighted by molar-refractivity contribution is 6.01. The summed E-state index contributed by atoms with van der Waals surface area (Å²) in [7, 11) is 3.12. The number of nitrogens with one attached hydrogen (secondary N) is 1. The van der Waals surface area contributed by atoms with Crippen molar-refractivity contribution < 1.29 is 29.3 Å². The molecule has 0 aliphatic carbocycles. The van der Waals surface area contributed by atoms with Gasteiger partial charge in [-0.1, -0.05) is 6.07 Å². The number of nitrogens with zero attached hydrogens (tertiary/aromatic N) is 2. The molecule has 0 fully saturated rings. The molecule has 0 saturated heterocycles. The summed E-state index contributed by atoms with van der Waals surface area (Å²) in [5, 5.41) is 21.4. The molecule has 0 aliphatic rings. The second-order valence-electron chi connectivity index (χ2n) is 6.60. The number of amides is 1. The molecule has 162 valence electrons. The molecular formula is C21H21N3O7. The van der Waals surface area contributed by atoms with E-state index in [1.165, 1.54) is 23.0 Å². The largest absolute Gasteiger partial charge is 0.505 e. The van der Waals surface area contributed by atoms with Gasteiger partial charge < -0.3 is 29.6 Å². The molecular weight excluding hydrogens is 406 g/mol. The Kier molecular flexibility index (Phi) is 6.39. The van der Waals surface area contributed by atoms with Crippen molar-refractivity contribution in [1.82, 2.24) is 14.9 Å². The van der Waals surface area contributed by atoms with E-state index < -0.39 is 24.2 Å². The Balaban J connectivity index is 1.86. The SMILES string of the molecule is COc1ccc(CCn2ccc3c(O)c(C(=O)NCC(=O)O)ncc3c2=O)c(OC)c1. The van der Waals surface area contributed by atoms with Crippen molar-refractivity contribution in [3.8, 4) is 17.2 Å². The molecule has 0 unspecified atom stereocenters. The van der Waals surface area contributed by atoms with Crippen LogP contribution in [0.2, 0.25) is 0 Å². The van der Waals surface area contributed by atoms with Gasteiger partial charge in [-0.15, -0.1) is 0 Å². The number of hydrogen-bond acceptors (Lipinski definition) is 7. The molecule has 0 bridgehead atoms. The third kappa shape index (κ3) is 4.58. The van der Waals surface area contributed by atoms with Crippen LogP contribution in [-0.2, 0) is 17.8 Å². The van der Waals surface area contributed by atoms with Gasteiger partial charge in [-0.2, -0.15) is 0 Å². The number of carbonyl (C=O) groups excluding carboxylic acids is 1. The van der Waals surface area contributed by atoms with Gasteiger partial charge in [0.15, 0.2) is 11.4 Å². The van der Waals surface area contributed by atoms with Crippen molar-refractivity contribution in [2.75, 3.05) is 20.8 Å².